The molecule has 0 aromatic rings. The summed E-state index contributed by atoms with van der Waals surface area (Å²) in [6.45, 7) is 0.157. The molecule has 0 amide bonds. The molecule has 1 heterocycles. The van der Waals surface area contributed by atoms with Crippen molar-refractivity contribution in [3.05, 3.63) is 6.29 Å². The van der Waals surface area contributed by atoms with Crippen LogP contribution in [0.3, 0.4) is 0 Å². The molecule has 1 aliphatic heterocycles. The van der Waals surface area contributed by atoms with Crippen molar-refractivity contribution in [2.45, 2.75) is 18.2 Å². The molecule has 1 saturated heterocycles. The van der Waals surface area contributed by atoms with Crippen LogP contribution in [-0.4, -0.2) is 35.0 Å². The fourth-order valence-electron chi connectivity index (χ4n) is 0.777. The summed E-state index contributed by atoms with van der Waals surface area (Å²) in [7, 11) is 0. The average molecular weight is 342 g/mol. The van der Waals surface area contributed by atoms with Crippen LogP contribution in [0.2, 0.25) is 0 Å². The molecule has 0 aliphatic carbocycles. The van der Waals surface area contributed by atoms with Crippen molar-refractivity contribution in [3.8, 4) is 0 Å². The van der Waals surface area contributed by atoms with Gasteiger partial charge in [-0.15, -0.1) is 0 Å². The molecule has 1 rings (SSSR count). The van der Waals surface area contributed by atoms with Gasteiger partial charge in [0.15, 0.2) is 0 Å². The summed E-state index contributed by atoms with van der Waals surface area (Å²) in [4.78, 5) is 0. The van der Waals surface area contributed by atoms with Gasteiger partial charge in [0.25, 0.3) is 0 Å². The van der Waals surface area contributed by atoms with Gasteiger partial charge in [0.1, 0.15) is 0 Å². The molecule has 5 nitrogen and oxygen atoms in total. The van der Waals surface area contributed by atoms with Crippen LogP contribution in [0.15, 0.2) is 0 Å². The number of aliphatic hydroxyl groups excluding tert-OH is 2. The van der Waals surface area contributed by atoms with Gasteiger partial charge in [-0.2, -0.15) is 0 Å². The third kappa shape index (κ3) is 2.47. The van der Waals surface area contributed by atoms with Crippen LogP contribution in [0.4, 0.5) is 0 Å². The minimum Gasteiger partial charge on any atom is -0.533 e. The van der Waals surface area contributed by atoms with Crippen LogP contribution in [0.5, 0.6) is 0 Å². The van der Waals surface area contributed by atoms with Gasteiger partial charge < -0.3 is 26.4 Å². The molecular weight excluding hydrogens is 331 g/mol. The number of aliphatic hydroxyl groups is 2. The third-order valence-corrected chi connectivity index (χ3v) is 1.54. The molecular formula is C5H11N2O3Pt-. The first-order valence-corrected chi connectivity index (χ1v) is 3.00. The van der Waals surface area contributed by atoms with Gasteiger partial charge in [-0.05, 0) is 6.10 Å². The van der Waals surface area contributed by atoms with Crippen LogP contribution in [-0.2, 0) is 25.8 Å². The van der Waals surface area contributed by atoms with E-state index in [0.717, 1.165) is 0 Å². The third-order valence-electron chi connectivity index (χ3n) is 1.54. The number of hydrogen-bond acceptors (Lipinski definition) is 5. The first-order valence-electron chi connectivity index (χ1n) is 3.00. The van der Waals surface area contributed by atoms with Crippen LogP contribution in [0, 0.1) is 6.29 Å². The topological polar surface area (TPSA) is 102 Å². The predicted octanol–water partition coefficient (Wildman–Crippen LogP) is -2.11. The van der Waals surface area contributed by atoms with Gasteiger partial charge in [0.2, 0.25) is 0 Å². The second-order valence-electron chi connectivity index (χ2n) is 2.34. The van der Waals surface area contributed by atoms with E-state index in [1.807, 2.05) is 0 Å². The largest absolute Gasteiger partial charge is 0.533 e. The monoisotopic (exact) mass is 342 g/mol. The van der Waals surface area contributed by atoms with E-state index in [2.05, 4.69) is 4.74 Å². The summed E-state index contributed by atoms with van der Waals surface area (Å²) in [5, 5.41) is 17.8. The van der Waals surface area contributed by atoms with Gasteiger partial charge in [-0.25, -0.2) is 0 Å². The Balaban J connectivity index is 0.000001000. The zero-order valence-electron chi connectivity index (χ0n) is 5.71. The Labute approximate surface area is 79.0 Å². The molecule has 11 heavy (non-hydrogen) atoms. The second kappa shape index (κ2) is 4.50. The van der Waals surface area contributed by atoms with E-state index >= 15 is 0 Å². The Bertz CT molecular complexity index is 112. The van der Waals surface area contributed by atoms with Gasteiger partial charge >= 0.3 is 0 Å². The van der Waals surface area contributed by atoms with Crippen molar-refractivity contribution in [2.24, 2.45) is 11.5 Å². The van der Waals surface area contributed by atoms with E-state index in [1.54, 1.807) is 0 Å². The standard InChI is InChI=1S/C5H11N2O3.Pt/c6-2-1-10-5(9)4(8)3(2)7;/h2-4,8-9H,1,6-7H2;/q-1;/t2-,3+,4-;/m1./s1. The van der Waals surface area contributed by atoms with Crippen molar-refractivity contribution in [1.29, 1.82) is 0 Å². The minimum atomic E-state index is -1.15. The van der Waals surface area contributed by atoms with Crippen molar-refractivity contribution in [1.82, 2.24) is 0 Å². The van der Waals surface area contributed by atoms with Crippen LogP contribution >= 0.6 is 0 Å². The molecule has 0 unspecified atom stereocenters. The average Bonchev–Trinajstić information content (AvgIpc) is 1.93. The summed E-state index contributed by atoms with van der Waals surface area (Å²) < 4.78 is 4.59. The van der Waals surface area contributed by atoms with Crippen LogP contribution in [0.25, 0.3) is 0 Å². The Morgan fingerprint density at radius 1 is 1.45 bits per heavy atom. The minimum absolute atomic E-state index is 0. The van der Waals surface area contributed by atoms with Crippen LogP contribution < -0.4 is 11.5 Å². The Kier molecular flexibility index (Phi) is 4.70. The predicted molar refractivity (Wildman–Crippen MR) is 33.1 cm³/mol. The number of nitrogens with two attached hydrogens (primary N) is 2. The summed E-state index contributed by atoms with van der Waals surface area (Å²) in [6.07, 6.45) is -1.59. The smallest absolute Gasteiger partial charge is 0.0401 e. The van der Waals surface area contributed by atoms with Crippen molar-refractivity contribution < 1.29 is 36.0 Å². The molecule has 0 saturated carbocycles. The quantitative estimate of drug-likeness (QED) is 0.378. The molecule has 0 aromatic carbocycles. The maximum absolute atomic E-state index is 9.00. The van der Waals surface area contributed by atoms with Crippen LogP contribution in [0.1, 0.15) is 0 Å². The zero-order valence-corrected chi connectivity index (χ0v) is 7.98. The first kappa shape index (κ1) is 11.5. The van der Waals surface area contributed by atoms with Gasteiger partial charge in [-0.3, -0.25) is 0 Å². The van der Waals surface area contributed by atoms with Crippen molar-refractivity contribution in [3.63, 3.8) is 0 Å². The van der Waals surface area contributed by atoms with E-state index in [4.69, 9.17) is 21.7 Å². The maximum atomic E-state index is 9.00. The van der Waals surface area contributed by atoms with E-state index in [-0.39, 0.29) is 27.7 Å². The molecule has 6 heteroatoms. The molecule has 3 atom stereocenters. The fraction of sp³-hybridized carbons (Fsp3) is 0.800. The second-order valence-corrected chi connectivity index (χ2v) is 2.34. The summed E-state index contributed by atoms with van der Waals surface area (Å²) >= 11 is 0. The molecule has 0 aromatic heterocycles. The molecule has 0 spiro atoms. The Morgan fingerprint density at radius 3 is 2.45 bits per heavy atom. The zero-order chi connectivity index (χ0) is 7.72. The van der Waals surface area contributed by atoms with Gasteiger partial charge in [0.05, 0.1) is 0 Å². The molecule has 6 N–H and O–H groups in total. The Hall–Kier alpha value is 0.488. The summed E-state index contributed by atoms with van der Waals surface area (Å²) in [5.74, 6) is 0. The summed E-state index contributed by atoms with van der Waals surface area (Å²) in [6, 6.07) is -1.04. The first-order chi connectivity index (χ1) is 4.63. The Morgan fingerprint density at radius 2 is 2.00 bits per heavy atom. The normalized spacial score (nSPS) is 39.8. The van der Waals surface area contributed by atoms with Gasteiger partial charge in [-0.1, -0.05) is 6.29 Å². The number of ether oxygens (including phenoxy) is 1. The van der Waals surface area contributed by atoms with Crippen molar-refractivity contribution >= 4 is 0 Å². The molecule has 70 valence electrons. The maximum Gasteiger partial charge on any atom is 0.0401 e. The number of hydrogen-bond donors (Lipinski definition) is 4. The van der Waals surface area contributed by atoms with E-state index in [1.165, 1.54) is 0 Å². The SMILES string of the molecule is N[C@H]1[C@H](N)CO[C-](O)[C@@H]1O.[Pt]. The van der Waals surface area contributed by atoms with E-state index in [9.17, 15) is 0 Å². The fourth-order valence-corrected chi connectivity index (χ4v) is 0.777. The van der Waals surface area contributed by atoms with E-state index < -0.39 is 24.5 Å². The van der Waals surface area contributed by atoms with Gasteiger partial charge in [0, 0.05) is 39.8 Å². The molecule has 1 aliphatic rings. The number of rotatable bonds is 0. The summed E-state index contributed by atoms with van der Waals surface area (Å²) in [5.41, 5.74) is 10.8. The molecule has 1 fully saturated rings. The van der Waals surface area contributed by atoms with Crippen molar-refractivity contribution in [2.75, 3.05) is 6.61 Å². The molecule has 0 radical (unpaired) electrons. The van der Waals surface area contributed by atoms with E-state index in [0.29, 0.717) is 0 Å². The molecule has 0 bridgehead atoms.